The summed E-state index contributed by atoms with van der Waals surface area (Å²) in [6.07, 6.45) is 3.87. The highest BCUT2D eigenvalue weighted by atomic mass is 35.5. The lowest BCUT2D eigenvalue weighted by Gasteiger charge is -2.26. The first kappa shape index (κ1) is 16.7. The molecule has 5 heteroatoms. The molecule has 1 aromatic carbocycles. The highest BCUT2D eigenvalue weighted by molar-refractivity contribution is 7.18. The Hall–Kier alpha value is -0.680. The molecule has 1 aromatic heterocycles. The molecule has 2 heterocycles. The third-order valence-electron chi connectivity index (χ3n) is 4.16. The van der Waals surface area contributed by atoms with Crippen LogP contribution in [0.2, 0.25) is 0 Å². The molecule has 3 nitrogen and oxygen atoms in total. The first-order valence-corrected chi connectivity index (χ1v) is 8.31. The molecule has 0 radical (unpaired) electrons. The fourth-order valence-corrected chi connectivity index (χ4v) is 3.93. The second-order valence-corrected chi connectivity index (χ2v) is 7.02. The van der Waals surface area contributed by atoms with Crippen LogP contribution in [0, 0.1) is 6.92 Å². The summed E-state index contributed by atoms with van der Waals surface area (Å²) in [6.45, 7) is 5.45. The van der Waals surface area contributed by atoms with Gasteiger partial charge in [-0.1, -0.05) is 6.07 Å². The van der Waals surface area contributed by atoms with E-state index in [9.17, 15) is 0 Å². The SMILES string of the molecule is Cc1nc2ccc(CN(C)C3CCCNCC3)cc2s1.Cl. The maximum atomic E-state index is 4.53. The van der Waals surface area contributed by atoms with Gasteiger partial charge in [0, 0.05) is 12.6 Å². The minimum absolute atomic E-state index is 0. The molecule has 0 bridgehead atoms. The monoisotopic (exact) mass is 325 g/mol. The summed E-state index contributed by atoms with van der Waals surface area (Å²) in [5.74, 6) is 0. The first-order chi connectivity index (χ1) is 9.72. The van der Waals surface area contributed by atoms with Gasteiger partial charge in [0.2, 0.25) is 0 Å². The number of thiazole rings is 1. The van der Waals surface area contributed by atoms with Crippen molar-refractivity contribution in [2.75, 3.05) is 20.1 Å². The lowest BCUT2D eigenvalue weighted by atomic mass is 10.1. The summed E-state index contributed by atoms with van der Waals surface area (Å²) in [5.41, 5.74) is 2.54. The van der Waals surface area contributed by atoms with Crippen LogP contribution in [-0.2, 0) is 6.54 Å². The number of nitrogens with one attached hydrogen (secondary N) is 1. The lowest BCUT2D eigenvalue weighted by molar-refractivity contribution is 0.216. The Balaban J connectivity index is 0.00000161. The highest BCUT2D eigenvalue weighted by Gasteiger charge is 2.16. The van der Waals surface area contributed by atoms with E-state index in [1.54, 1.807) is 11.3 Å². The number of fused-ring (bicyclic) bond motifs is 1. The fourth-order valence-electron chi connectivity index (χ4n) is 3.04. The van der Waals surface area contributed by atoms with E-state index in [1.165, 1.54) is 36.1 Å². The van der Waals surface area contributed by atoms with Gasteiger partial charge < -0.3 is 5.32 Å². The second-order valence-electron chi connectivity index (χ2n) is 5.78. The van der Waals surface area contributed by atoms with Crippen LogP contribution in [0.1, 0.15) is 29.8 Å². The van der Waals surface area contributed by atoms with E-state index in [2.05, 4.69) is 47.4 Å². The predicted octanol–water partition coefficient (Wildman–Crippen LogP) is 3.60. The standard InChI is InChI=1S/C16H23N3S.ClH/c1-12-18-15-6-5-13(10-16(15)20-12)11-19(2)14-4-3-8-17-9-7-14;/h5-6,10,14,17H,3-4,7-9,11H2,1-2H3;1H. The zero-order valence-electron chi connectivity index (χ0n) is 12.8. The number of rotatable bonds is 3. The van der Waals surface area contributed by atoms with Crippen molar-refractivity contribution in [1.29, 1.82) is 0 Å². The summed E-state index contributed by atoms with van der Waals surface area (Å²) in [6, 6.07) is 7.42. The van der Waals surface area contributed by atoms with Gasteiger partial charge in [0.25, 0.3) is 0 Å². The Bertz CT molecular complexity index is 576. The van der Waals surface area contributed by atoms with Crippen LogP contribution in [0.3, 0.4) is 0 Å². The molecule has 1 fully saturated rings. The van der Waals surface area contributed by atoms with Crippen molar-refractivity contribution >= 4 is 34.0 Å². The van der Waals surface area contributed by atoms with Gasteiger partial charge in [-0.3, -0.25) is 4.90 Å². The average molecular weight is 326 g/mol. The molecule has 0 aliphatic carbocycles. The number of halogens is 1. The summed E-state index contributed by atoms with van der Waals surface area (Å²) in [4.78, 5) is 7.05. The molecule has 1 aliphatic heterocycles. The largest absolute Gasteiger partial charge is 0.317 e. The fraction of sp³-hybridized carbons (Fsp3) is 0.562. The van der Waals surface area contributed by atoms with Gasteiger partial charge in [-0.15, -0.1) is 23.7 Å². The summed E-state index contributed by atoms with van der Waals surface area (Å²) in [5, 5.41) is 4.64. The quantitative estimate of drug-likeness (QED) is 0.934. The third kappa shape index (κ3) is 4.16. The van der Waals surface area contributed by atoms with E-state index in [0.717, 1.165) is 23.6 Å². The lowest BCUT2D eigenvalue weighted by Crippen LogP contribution is -2.31. The van der Waals surface area contributed by atoms with Gasteiger partial charge in [-0.25, -0.2) is 4.98 Å². The molecule has 1 N–H and O–H groups in total. The van der Waals surface area contributed by atoms with E-state index >= 15 is 0 Å². The molecule has 1 aliphatic rings. The third-order valence-corrected chi connectivity index (χ3v) is 5.09. The summed E-state index contributed by atoms with van der Waals surface area (Å²) in [7, 11) is 2.26. The van der Waals surface area contributed by atoms with Gasteiger partial charge in [0.15, 0.2) is 0 Å². The van der Waals surface area contributed by atoms with Crippen molar-refractivity contribution in [3.63, 3.8) is 0 Å². The number of aryl methyl sites for hydroxylation is 1. The Morgan fingerprint density at radius 1 is 1.33 bits per heavy atom. The highest BCUT2D eigenvalue weighted by Crippen LogP contribution is 2.24. The molecule has 3 rings (SSSR count). The number of aromatic nitrogens is 1. The number of benzene rings is 1. The predicted molar refractivity (Wildman–Crippen MR) is 93.6 cm³/mol. The number of hydrogen-bond acceptors (Lipinski definition) is 4. The van der Waals surface area contributed by atoms with Gasteiger partial charge >= 0.3 is 0 Å². The molecule has 116 valence electrons. The van der Waals surface area contributed by atoms with Crippen molar-refractivity contribution < 1.29 is 0 Å². The van der Waals surface area contributed by atoms with Gasteiger partial charge in [0.1, 0.15) is 0 Å². The van der Waals surface area contributed by atoms with Crippen molar-refractivity contribution in [1.82, 2.24) is 15.2 Å². The van der Waals surface area contributed by atoms with Crippen LogP contribution in [0.25, 0.3) is 10.2 Å². The van der Waals surface area contributed by atoms with Crippen LogP contribution in [0.15, 0.2) is 18.2 Å². The van der Waals surface area contributed by atoms with Crippen LogP contribution in [0.5, 0.6) is 0 Å². The smallest absolute Gasteiger partial charge is 0.0907 e. The summed E-state index contributed by atoms with van der Waals surface area (Å²) < 4.78 is 1.32. The molecular weight excluding hydrogens is 302 g/mol. The molecule has 2 aromatic rings. The second kappa shape index (κ2) is 7.54. The van der Waals surface area contributed by atoms with E-state index in [-0.39, 0.29) is 12.4 Å². The van der Waals surface area contributed by atoms with Crippen LogP contribution < -0.4 is 5.32 Å². The minimum atomic E-state index is 0. The van der Waals surface area contributed by atoms with E-state index < -0.39 is 0 Å². The summed E-state index contributed by atoms with van der Waals surface area (Å²) >= 11 is 1.79. The molecule has 0 saturated carbocycles. The molecule has 21 heavy (non-hydrogen) atoms. The zero-order valence-corrected chi connectivity index (χ0v) is 14.4. The molecule has 0 amide bonds. The van der Waals surface area contributed by atoms with Crippen molar-refractivity contribution in [3.05, 3.63) is 28.8 Å². The Morgan fingerprint density at radius 2 is 2.19 bits per heavy atom. The Labute approximate surface area is 137 Å². The molecule has 0 spiro atoms. The van der Waals surface area contributed by atoms with Crippen molar-refractivity contribution in [2.24, 2.45) is 0 Å². The van der Waals surface area contributed by atoms with Crippen LogP contribution in [-0.4, -0.2) is 36.1 Å². The first-order valence-electron chi connectivity index (χ1n) is 7.49. The Kier molecular flexibility index (Phi) is 5.99. The Morgan fingerprint density at radius 3 is 3.05 bits per heavy atom. The van der Waals surface area contributed by atoms with E-state index in [1.807, 2.05) is 0 Å². The molecule has 1 atom stereocenters. The van der Waals surface area contributed by atoms with Gasteiger partial charge in [-0.05, 0) is 64.0 Å². The minimum Gasteiger partial charge on any atom is -0.317 e. The van der Waals surface area contributed by atoms with Crippen molar-refractivity contribution in [3.8, 4) is 0 Å². The van der Waals surface area contributed by atoms with E-state index in [4.69, 9.17) is 0 Å². The number of nitrogens with zero attached hydrogens (tertiary/aromatic N) is 2. The molecular formula is C16H24ClN3S. The van der Waals surface area contributed by atoms with Crippen LogP contribution in [0.4, 0.5) is 0 Å². The maximum Gasteiger partial charge on any atom is 0.0907 e. The topological polar surface area (TPSA) is 28.2 Å². The number of hydrogen-bond donors (Lipinski definition) is 1. The molecule has 1 unspecified atom stereocenters. The molecule has 1 saturated heterocycles. The van der Waals surface area contributed by atoms with Gasteiger partial charge in [-0.2, -0.15) is 0 Å². The van der Waals surface area contributed by atoms with Gasteiger partial charge in [0.05, 0.1) is 15.2 Å². The van der Waals surface area contributed by atoms with Crippen LogP contribution >= 0.6 is 23.7 Å². The van der Waals surface area contributed by atoms with Crippen molar-refractivity contribution in [2.45, 2.75) is 38.8 Å². The normalized spacial score (nSPS) is 19.5. The zero-order chi connectivity index (χ0) is 13.9. The average Bonchev–Trinajstić information content (AvgIpc) is 2.64. The maximum absolute atomic E-state index is 4.53. The van der Waals surface area contributed by atoms with E-state index in [0.29, 0.717) is 6.04 Å².